The maximum Gasteiger partial charge on any atom is 0.187 e. The van der Waals surface area contributed by atoms with Gasteiger partial charge in [0.05, 0.1) is 6.10 Å². The third kappa shape index (κ3) is 3.72. The normalized spacial score (nSPS) is 24.5. The molecule has 1 saturated carbocycles. The topological polar surface area (TPSA) is 45.6 Å². The van der Waals surface area contributed by atoms with Crippen molar-refractivity contribution in [2.45, 2.75) is 44.6 Å². The van der Waals surface area contributed by atoms with E-state index >= 15 is 0 Å². The van der Waals surface area contributed by atoms with Crippen molar-refractivity contribution in [3.63, 3.8) is 0 Å². The lowest BCUT2D eigenvalue weighted by atomic mass is 10.2. The molecule has 4 nitrogen and oxygen atoms in total. The summed E-state index contributed by atoms with van der Waals surface area (Å²) in [7, 11) is 0. The van der Waals surface area contributed by atoms with E-state index in [1.807, 2.05) is 0 Å². The Balaban J connectivity index is 1.62. The third-order valence-electron chi connectivity index (χ3n) is 3.01. The van der Waals surface area contributed by atoms with Crippen LogP contribution in [0.1, 0.15) is 38.5 Å². The molecular formula is C11H19N3OS. The molecule has 2 fully saturated rings. The molecule has 2 aliphatic rings. The van der Waals surface area contributed by atoms with Crippen molar-refractivity contribution in [2.24, 2.45) is 5.10 Å². The molecule has 1 atom stereocenters. The highest BCUT2D eigenvalue weighted by Gasteiger charge is 2.15. The quantitative estimate of drug-likeness (QED) is 0.581. The van der Waals surface area contributed by atoms with E-state index in [4.69, 9.17) is 17.0 Å². The van der Waals surface area contributed by atoms with E-state index in [0.29, 0.717) is 11.2 Å². The van der Waals surface area contributed by atoms with Gasteiger partial charge in [0.15, 0.2) is 5.11 Å². The SMILES string of the molecule is S=C(NC[C@@H]1CCCO1)NN=C1CCCC1. The van der Waals surface area contributed by atoms with Crippen LogP contribution in [-0.4, -0.2) is 30.1 Å². The minimum Gasteiger partial charge on any atom is -0.376 e. The minimum atomic E-state index is 0.318. The lowest BCUT2D eigenvalue weighted by Crippen LogP contribution is -2.37. The average Bonchev–Trinajstić information content (AvgIpc) is 2.96. The Bertz CT molecular complexity index is 266. The molecule has 1 aliphatic heterocycles. The Kier molecular flexibility index (Phi) is 4.54. The molecule has 0 aromatic carbocycles. The van der Waals surface area contributed by atoms with E-state index in [9.17, 15) is 0 Å². The van der Waals surface area contributed by atoms with E-state index in [0.717, 1.165) is 38.8 Å². The van der Waals surface area contributed by atoms with Crippen LogP contribution in [-0.2, 0) is 4.74 Å². The molecule has 1 aliphatic carbocycles. The van der Waals surface area contributed by atoms with Crippen LogP contribution < -0.4 is 10.7 Å². The number of hydrogen-bond donors (Lipinski definition) is 2. The van der Waals surface area contributed by atoms with Gasteiger partial charge in [0.25, 0.3) is 0 Å². The van der Waals surface area contributed by atoms with Gasteiger partial charge in [0.2, 0.25) is 0 Å². The summed E-state index contributed by atoms with van der Waals surface area (Å²) >= 11 is 5.14. The number of rotatable bonds is 3. The molecule has 2 rings (SSSR count). The van der Waals surface area contributed by atoms with Gasteiger partial charge in [-0.05, 0) is 50.7 Å². The summed E-state index contributed by atoms with van der Waals surface area (Å²) in [6.45, 7) is 1.67. The third-order valence-corrected chi connectivity index (χ3v) is 3.25. The predicted molar refractivity (Wildman–Crippen MR) is 68.6 cm³/mol. The zero-order valence-electron chi connectivity index (χ0n) is 9.50. The van der Waals surface area contributed by atoms with Gasteiger partial charge < -0.3 is 10.1 Å². The van der Waals surface area contributed by atoms with Crippen LogP contribution >= 0.6 is 12.2 Å². The molecular weight excluding hydrogens is 222 g/mol. The van der Waals surface area contributed by atoms with Crippen molar-refractivity contribution in [2.75, 3.05) is 13.2 Å². The Morgan fingerprint density at radius 2 is 2.19 bits per heavy atom. The van der Waals surface area contributed by atoms with Gasteiger partial charge in [0, 0.05) is 18.9 Å². The molecule has 90 valence electrons. The second-order valence-electron chi connectivity index (χ2n) is 4.34. The molecule has 0 aromatic heterocycles. The van der Waals surface area contributed by atoms with E-state index in [-0.39, 0.29) is 0 Å². The maximum atomic E-state index is 5.50. The number of nitrogens with one attached hydrogen (secondary N) is 2. The summed E-state index contributed by atoms with van der Waals surface area (Å²) in [5.41, 5.74) is 4.14. The number of hydrogen-bond acceptors (Lipinski definition) is 3. The highest BCUT2D eigenvalue weighted by Crippen LogP contribution is 2.13. The zero-order chi connectivity index (χ0) is 11.2. The molecule has 0 spiro atoms. The van der Waals surface area contributed by atoms with Crippen molar-refractivity contribution in [3.8, 4) is 0 Å². The summed E-state index contributed by atoms with van der Waals surface area (Å²) in [5, 5.41) is 8.03. The molecule has 2 N–H and O–H groups in total. The highest BCUT2D eigenvalue weighted by atomic mass is 32.1. The number of nitrogens with zero attached hydrogens (tertiary/aromatic N) is 1. The monoisotopic (exact) mass is 241 g/mol. The maximum absolute atomic E-state index is 5.50. The smallest absolute Gasteiger partial charge is 0.187 e. The summed E-state index contributed by atoms with van der Waals surface area (Å²) in [6, 6.07) is 0. The minimum absolute atomic E-state index is 0.318. The average molecular weight is 241 g/mol. The lowest BCUT2D eigenvalue weighted by molar-refractivity contribution is 0.114. The fourth-order valence-electron chi connectivity index (χ4n) is 2.08. The van der Waals surface area contributed by atoms with Gasteiger partial charge in [-0.25, -0.2) is 0 Å². The van der Waals surface area contributed by atoms with Crippen LogP contribution in [0.4, 0.5) is 0 Å². The molecule has 1 heterocycles. The fourth-order valence-corrected chi connectivity index (χ4v) is 2.21. The lowest BCUT2D eigenvalue weighted by Gasteiger charge is -2.12. The molecule has 16 heavy (non-hydrogen) atoms. The molecule has 0 aromatic rings. The van der Waals surface area contributed by atoms with E-state index in [1.54, 1.807) is 0 Å². The van der Waals surface area contributed by atoms with Crippen LogP contribution in [0.5, 0.6) is 0 Å². The first kappa shape index (κ1) is 11.8. The zero-order valence-corrected chi connectivity index (χ0v) is 10.3. The first-order valence-corrected chi connectivity index (χ1v) is 6.46. The standard InChI is InChI=1S/C11H19N3OS/c16-11(12-8-10-6-3-7-15-10)14-13-9-4-1-2-5-9/h10H,1-8H2,(H2,12,14,16)/t10-/m0/s1. The first-order chi connectivity index (χ1) is 7.84. The number of hydrazone groups is 1. The van der Waals surface area contributed by atoms with Crippen molar-refractivity contribution in [1.29, 1.82) is 0 Å². The van der Waals surface area contributed by atoms with Crippen LogP contribution in [0.25, 0.3) is 0 Å². The summed E-state index contributed by atoms with van der Waals surface area (Å²) in [4.78, 5) is 0. The van der Waals surface area contributed by atoms with Gasteiger partial charge >= 0.3 is 0 Å². The summed E-state index contributed by atoms with van der Waals surface area (Å²) in [5.74, 6) is 0. The van der Waals surface area contributed by atoms with Crippen molar-refractivity contribution in [1.82, 2.24) is 10.7 Å². The summed E-state index contributed by atoms with van der Waals surface area (Å²) in [6.07, 6.45) is 7.36. The van der Waals surface area contributed by atoms with Crippen molar-refractivity contribution < 1.29 is 4.74 Å². The van der Waals surface area contributed by atoms with Crippen molar-refractivity contribution in [3.05, 3.63) is 0 Å². The van der Waals surface area contributed by atoms with Gasteiger partial charge in [-0.3, -0.25) is 5.43 Å². The van der Waals surface area contributed by atoms with Gasteiger partial charge in [-0.1, -0.05) is 0 Å². The van der Waals surface area contributed by atoms with E-state index in [1.165, 1.54) is 18.6 Å². The van der Waals surface area contributed by atoms with Crippen LogP contribution in [0.15, 0.2) is 5.10 Å². The second kappa shape index (κ2) is 6.15. The fraction of sp³-hybridized carbons (Fsp3) is 0.818. The van der Waals surface area contributed by atoms with Gasteiger partial charge in [-0.15, -0.1) is 0 Å². The Morgan fingerprint density at radius 3 is 2.88 bits per heavy atom. The largest absolute Gasteiger partial charge is 0.376 e. The second-order valence-corrected chi connectivity index (χ2v) is 4.75. The predicted octanol–water partition coefficient (Wildman–Crippen LogP) is 1.56. The van der Waals surface area contributed by atoms with Crippen LogP contribution in [0.2, 0.25) is 0 Å². The van der Waals surface area contributed by atoms with Crippen LogP contribution in [0.3, 0.4) is 0 Å². The van der Waals surface area contributed by atoms with E-state index < -0.39 is 0 Å². The molecule has 1 saturated heterocycles. The van der Waals surface area contributed by atoms with Gasteiger partial charge in [-0.2, -0.15) is 5.10 Å². The van der Waals surface area contributed by atoms with E-state index in [2.05, 4.69) is 15.8 Å². The van der Waals surface area contributed by atoms with Crippen molar-refractivity contribution >= 4 is 23.0 Å². The summed E-state index contributed by atoms with van der Waals surface area (Å²) < 4.78 is 5.50. The highest BCUT2D eigenvalue weighted by molar-refractivity contribution is 7.80. The Hall–Kier alpha value is -0.680. The molecule has 5 heteroatoms. The Labute approximate surface area is 102 Å². The number of ether oxygens (including phenoxy) is 1. The Morgan fingerprint density at radius 1 is 1.38 bits per heavy atom. The molecule has 0 amide bonds. The number of thiocarbonyl (C=S) groups is 1. The molecule has 0 unspecified atom stereocenters. The molecule has 0 radical (unpaired) electrons. The van der Waals surface area contributed by atoms with Gasteiger partial charge in [0.1, 0.15) is 0 Å². The van der Waals surface area contributed by atoms with Crippen LogP contribution in [0, 0.1) is 0 Å². The first-order valence-electron chi connectivity index (χ1n) is 6.05. The molecule has 0 bridgehead atoms.